The molecule has 0 spiro atoms. The molecule has 19 heavy (non-hydrogen) atoms. The molecule has 3 rings (SSSR count). The Bertz CT molecular complexity index is 320. The average molecular weight is 266 g/mol. The summed E-state index contributed by atoms with van der Waals surface area (Å²) in [6.07, 6.45) is 8.08. The standard InChI is InChI=1S/C15H26N2O2/c1-11-2-5-14(19-11)6-7-15(18)17-12-3-4-13(17)10-16-9-8-12/h11-14,16H,2-10H2,1H3. The molecule has 0 aromatic rings. The summed E-state index contributed by atoms with van der Waals surface area (Å²) in [6.45, 7) is 4.18. The molecule has 0 aliphatic carbocycles. The number of nitrogens with one attached hydrogen (secondary N) is 1. The van der Waals surface area contributed by atoms with Gasteiger partial charge in [0.15, 0.2) is 0 Å². The Balaban J connectivity index is 1.52. The van der Waals surface area contributed by atoms with Crippen molar-refractivity contribution in [1.29, 1.82) is 0 Å². The van der Waals surface area contributed by atoms with E-state index in [2.05, 4.69) is 17.1 Å². The van der Waals surface area contributed by atoms with Gasteiger partial charge in [-0.3, -0.25) is 4.79 Å². The van der Waals surface area contributed by atoms with Crippen LogP contribution >= 0.6 is 0 Å². The van der Waals surface area contributed by atoms with Gasteiger partial charge in [-0.25, -0.2) is 0 Å². The zero-order valence-electron chi connectivity index (χ0n) is 11.9. The summed E-state index contributed by atoms with van der Waals surface area (Å²) in [5.41, 5.74) is 0. The number of rotatable bonds is 3. The molecule has 0 radical (unpaired) electrons. The van der Waals surface area contributed by atoms with Crippen LogP contribution in [0.25, 0.3) is 0 Å². The molecule has 0 aromatic carbocycles. The normalized spacial score (nSPS) is 38.5. The molecule has 0 saturated carbocycles. The number of hydrogen-bond donors (Lipinski definition) is 1. The Morgan fingerprint density at radius 1 is 1.21 bits per heavy atom. The molecule has 4 nitrogen and oxygen atoms in total. The van der Waals surface area contributed by atoms with Gasteiger partial charge in [-0.15, -0.1) is 0 Å². The average Bonchev–Trinajstić information content (AvgIpc) is 2.89. The molecule has 4 atom stereocenters. The Kier molecular flexibility index (Phi) is 4.08. The van der Waals surface area contributed by atoms with Gasteiger partial charge < -0.3 is 15.0 Å². The van der Waals surface area contributed by atoms with Gasteiger partial charge in [-0.1, -0.05) is 0 Å². The molecule has 3 heterocycles. The third kappa shape index (κ3) is 2.95. The molecule has 3 aliphatic heterocycles. The van der Waals surface area contributed by atoms with Crippen molar-refractivity contribution in [3.63, 3.8) is 0 Å². The van der Waals surface area contributed by atoms with Crippen LogP contribution in [0.2, 0.25) is 0 Å². The summed E-state index contributed by atoms with van der Waals surface area (Å²) in [6, 6.07) is 0.944. The van der Waals surface area contributed by atoms with Crippen LogP contribution in [0.5, 0.6) is 0 Å². The number of carbonyl (C=O) groups excluding carboxylic acids is 1. The molecule has 4 heteroatoms. The Hall–Kier alpha value is -0.610. The highest BCUT2D eigenvalue weighted by Crippen LogP contribution is 2.30. The van der Waals surface area contributed by atoms with Gasteiger partial charge >= 0.3 is 0 Å². The van der Waals surface area contributed by atoms with E-state index in [1.807, 2.05) is 0 Å². The first-order valence-corrected chi connectivity index (χ1v) is 7.91. The maximum Gasteiger partial charge on any atom is 0.223 e. The van der Waals surface area contributed by atoms with Crippen LogP contribution in [0.4, 0.5) is 0 Å². The van der Waals surface area contributed by atoms with Gasteiger partial charge in [0, 0.05) is 25.0 Å². The first-order chi connectivity index (χ1) is 9.24. The molecule has 1 amide bonds. The van der Waals surface area contributed by atoms with Gasteiger partial charge in [0.1, 0.15) is 0 Å². The molecule has 3 saturated heterocycles. The summed E-state index contributed by atoms with van der Waals surface area (Å²) in [7, 11) is 0. The lowest BCUT2D eigenvalue weighted by Gasteiger charge is -2.28. The maximum atomic E-state index is 12.5. The number of ether oxygens (including phenoxy) is 1. The Morgan fingerprint density at radius 2 is 2.05 bits per heavy atom. The first-order valence-electron chi connectivity index (χ1n) is 7.91. The maximum absolute atomic E-state index is 12.5. The van der Waals surface area contributed by atoms with Crippen molar-refractivity contribution < 1.29 is 9.53 Å². The highest BCUT2D eigenvalue weighted by molar-refractivity contribution is 5.77. The van der Waals surface area contributed by atoms with Crippen LogP contribution in [0, 0.1) is 0 Å². The van der Waals surface area contributed by atoms with Gasteiger partial charge in [0.25, 0.3) is 0 Å². The van der Waals surface area contributed by atoms with Crippen molar-refractivity contribution in [2.45, 2.75) is 76.2 Å². The van der Waals surface area contributed by atoms with Gasteiger partial charge in [-0.2, -0.15) is 0 Å². The quantitative estimate of drug-likeness (QED) is 0.845. The Labute approximate surface area is 115 Å². The Morgan fingerprint density at radius 3 is 2.84 bits per heavy atom. The van der Waals surface area contributed by atoms with Crippen molar-refractivity contribution in [3.05, 3.63) is 0 Å². The lowest BCUT2D eigenvalue weighted by Crippen LogP contribution is -2.42. The third-order valence-electron chi connectivity index (χ3n) is 4.94. The second-order valence-electron chi connectivity index (χ2n) is 6.36. The molecule has 2 bridgehead atoms. The predicted molar refractivity (Wildman–Crippen MR) is 73.9 cm³/mol. The second kappa shape index (κ2) is 5.80. The second-order valence-corrected chi connectivity index (χ2v) is 6.36. The molecular weight excluding hydrogens is 240 g/mol. The monoisotopic (exact) mass is 266 g/mol. The lowest BCUT2D eigenvalue weighted by molar-refractivity contribution is -0.134. The van der Waals surface area contributed by atoms with E-state index in [1.54, 1.807) is 0 Å². The molecule has 4 unspecified atom stereocenters. The van der Waals surface area contributed by atoms with Crippen molar-refractivity contribution in [2.24, 2.45) is 0 Å². The van der Waals surface area contributed by atoms with Crippen LogP contribution in [0.1, 0.15) is 51.9 Å². The minimum absolute atomic E-state index is 0.321. The van der Waals surface area contributed by atoms with Crippen molar-refractivity contribution >= 4 is 5.91 Å². The fourth-order valence-electron chi connectivity index (χ4n) is 3.90. The van der Waals surface area contributed by atoms with Crippen molar-refractivity contribution in [2.75, 3.05) is 13.1 Å². The van der Waals surface area contributed by atoms with E-state index in [9.17, 15) is 4.79 Å². The van der Waals surface area contributed by atoms with Crippen LogP contribution in [-0.4, -0.2) is 48.2 Å². The molecule has 1 N–H and O–H groups in total. The number of nitrogens with zero attached hydrogens (tertiary/aromatic N) is 1. The van der Waals surface area contributed by atoms with E-state index in [1.165, 1.54) is 12.8 Å². The fourth-order valence-corrected chi connectivity index (χ4v) is 3.90. The molecule has 108 valence electrons. The van der Waals surface area contributed by atoms with Crippen molar-refractivity contribution in [3.8, 4) is 0 Å². The number of amides is 1. The van der Waals surface area contributed by atoms with E-state index in [0.29, 0.717) is 36.6 Å². The van der Waals surface area contributed by atoms with Gasteiger partial charge in [-0.05, 0) is 52.0 Å². The molecular formula is C15H26N2O2. The topological polar surface area (TPSA) is 41.6 Å². The van der Waals surface area contributed by atoms with E-state index in [-0.39, 0.29) is 0 Å². The summed E-state index contributed by atoms with van der Waals surface area (Å²) >= 11 is 0. The smallest absolute Gasteiger partial charge is 0.223 e. The lowest BCUT2D eigenvalue weighted by atomic mass is 10.1. The van der Waals surface area contributed by atoms with E-state index < -0.39 is 0 Å². The number of carbonyl (C=O) groups is 1. The van der Waals surface area contributed by atoms with Gasteiger partial charge in [0.05, 0.1) is 12.2 Å². The summed E-state index contributed by atoms with van der Waals surface area (Å²) in [4.78, 5) is 14.7. The highest BCUT2D eigenvalue weighted by Gasteiger charge is 2.37. The van der Waals surface area contributed by atoms with E-state index >= 15 is 0 Å². The van der Waals surface area contributed by atoms with E-state index in [0.717, 1.165) is 38.8 Å². The minimum Gasteiger partial charge on any atom is -0.375 e. The zero-order chi connectivity index (χ0) is 13.2. The molecule has 3 fully saturated rings. The molecule has 0 aromatic heterocycles. The number of hydrogen-bond acceptors (Lipinski definition) is 3. The van der Waals surface area contributed by atoms with Crippen LogP contribution in [0.3, 0.4) is 0 Å². The van der Waals surface area contributed by atoms with Crippen LogP contribution in [-0.2, 0) is 9.53 Å². The van der Waals surface area contributed by atoms with Gasteiger partial charge in [0.2, 0.25) is 5.91 Å². The summed E-state index contributed by atoms with van der Waals surface area (Å²) < 4.78 is 5.81. The van der Waals surface area contributed by atoms with Crippen molar-refractivity contribution in [1.82, 2.24) is 10.2 Å². The zero-order valence-corrected chi connectivity index (χ0v) is 11.9. The summed E-state index contributed by atoms with van der Waals surface area (Å²) in [5.74, 6) is 0.361. The minimum atomic E-state index is 0.321. The fraction of sp³-hybridized carbons (Fsp3) is 0.933. The van der Waals surface area contributed by atoms with Crippen LogP contribution in [0.15, 0.2) is 0 Å². The summed E-state index contributed by atoms with van der Waals surface area (Å²) in [5, 5.41) is 3.45. The van der Waals surface area contributed by atoms with E-state index in [4.69, 9.17) is 4.74 Å². The number of fused-ring (bicyclic) bond motifs is 2. The largest absolute Gasteiger partial charge is 0.375 e. The highest BCUT2D eigenvalue weighted by atomic mass is 16.5. The first kappa shape index (κ1) is 13.4. The van der Waals surface area contributed by atoms with Crippen LogP contribution < -0.4 is 5.32 Å². The SMILES string of the molecule is CC1CCC(CCC(=O)N2C3CCNCC2CC3)O1. The third-order valence-corrected chi connectivity index (χ3v) is 4.94. The predicted octanol–water partition coefficient (Wildman–Crippen LogP) is 1.69. The molecule has 3 aliphatic rings.